The lowest BCUT2D eigenvalue weighted by molar-refractivity contribution is -0.137. The van der Waals surface area contributed by atoms with Crippen molar-refractivity contribution >= 4 is 5.69 Å². The molecule has 1 aliphatic carbocycles. The summed E-state index contributed by atoms with van der Waals surface area (Å²) >= 11 is 0. The summed E-state index contributed by atoms with van der Waals surface area (Å²) in [5, 5.41) is 2.88. The molecule has 1 heterocycles. The molecule has 106 valence electrons. The number of hydrogen-bond acceptors (Lipinski definition) is 2. The van der Waals surface area contributed by atoms with Gasteiger partial charge >= 0.3 is 6.18 Å². The van der Waals surface area contributed by atoms with E-state index in [1.807, 2.05) is 0 Å². The van der Waals surface area contributed by atoms with Crippen LogP contribution in [0.15, 0.2) is 29.1 Å². The number of aromatic amines is 1. The van der Waals surface area contributed by atoms with Crippen LogP contribution in [0.25, 0.3) is 5.69 Å². The topological polar surface area (TPSA) is 63.8 Å². The van der Waals surface area contributed by atoms with Gasteiger partial charge in [-0.05, 0) is 37.1 Å². The monoisotopic (exact) mass is 283 g/mol. The number of alkyl halides is 3. The standard InChI is InChI=1S/C13H12F3N3O/c14-13(15,16)8-3-5-9(6-4-8)19-12(20)10(17)11(18-19)7-1-2-7/h3-7,18H,1-2,17H2. The van der Waals surface area contributed by atoms with Crippen LogP contribution in [-0.2, 0) is 6.18 Å². The summed E-state index contributed by atoms with van der Waals surface area (Å²) < 4.78 is 38.6. The minimum atomic E-state index is -4.39. The molecule has 4 nitrogen and oxygen atoms in total. The fourth-order valence-corrected chi connectivity index (χ4v) is 2.13. The number of aromatic nitrogens is 2. The van der Waals surface area contributed by atoms with Gasteiger partial charge in [0.25, 0.3) is 5.56 Å². The first kappa shape index (κ1) is 12.8. The molecule has 2 aromatic rings. The van der Waals surface area contributed by atoms with E-state index in [2.05, 4.69) is 5.10 Å². The van der Waals surface area contributed by atoms with Gasteiger partial charge in [0, 0.05) is 5.92 Å². The van der Waals surface area contributed by atoms with Crippen molar-refractivity contribution in [3.63, 3.8) is 0 Å². The molecule has 1 fully saturated rings. The van der Waals surface area contributed by atoms with E-state index < -0.39 is 17.3 Å². The fourth-order valence-electron chi connectivity index (χ4n) is 2.13. The van der Waals surface area contributed by atoms with Crippen molar-refractivity contribution in [3.8, 4) is 5.69 Å². The van der Waals surface area contributed by atoms with Gasteiger partial charge in [-0.3, -0.25) is 9.89 Å². The lowest BCUT2D eigenvalue weighted by Crippen LogP contribution is -2.17. The van der Waals surface area contributed by atoms with Crippen LogP contribution < -0.4 is 11.3 Å². The van der Waals surface area contributed by atoms with Gasteiger partial charge in [0.1, 0.15) is 5.69 Å². The first-order chi connectivity index (χ1) is 9.38. The van der Waals surface area contributed by atoms with Crippen LogP contribution in [0.1, 0.15) is 30.0 Å². The lowest BCUT2D eigenvalue weighted by atomic mass is 10.2. The number of anilines is 1. The average Bonchev–Trinajstić information content (AvgIpc) is 3.18. The number of nitrogens with two attached hydrogens (primary N) is 1. The highest BCUT2D eigenvalue weighted by Crippen LogP contribution is 2.40. The fraction of sp³-hybridized carbons (Fsp3) is 0.308. The van der Waals surface area contributed by atoms with Crippen LogP contribution in [-0.4, -0.2) is 9.78 Å². The second-order valence-corrected chi connectivity index (χ2v) is 4.90. The van der Waals surface area contributed by atoms with Gasteiger partial charge < -0.3 is 5.73 Å². The van der Waals surface area contributed by atoms with Crippen molar-refractivity contribution in [2.45, 2.75) is 24.9 Å². The molecule has 1 aliphatic rings. The lowest BCUT2D eigenvalue weighted by Gasteiger charge is -2.07. The molecule has 0 saturated heterocycles. The van der Waals surface area contributed by atoms with E-state index in [9.17, 15) is 18.0 Å². The van der Waals surface area contributed by atoms with Gasteiger partial charge in [0.05, 0.1) is 16.9 Å². The predicted molar refractivity (Wildman–Crippen MR) is 67.8 cm³/mol. The molecule has 0 aliphatic heterocycles. The molecule has 3 rings (SSSR count). The van der Waals surface area contributed by atoms with Crippen molar-refractivity contribution in [3.05, 3.63) is 45.9 Å². The van der Waals surface area contributed by atoms with Crippen LogP contribution in [0, 0.1) is 0 Å². The predicted octanol–water partition coefficient (Wildman–Crippen LogP) is 2.64. The first-order valence-corrected chi connectivity index (χ1v) is 6.16. The molecule has 1 saturated carbocycles. The van der Waals surface area contributed by atoms with Crippen molar-refractivity contribution in [2.24, 2.45) is 0 Å². The number of rotatable bonds is 2. The number of benzene rings is 1. The molecular weight excluding hydrogens is 271 g/mol. The highest BCUT2D eigenvalue weighted by molar-refractivity contribution is 5.47. The summed E-state index contributed by atoms with van der Waals surface area (Å²) in [6.07, 6.45) is -2.45. The quantitative estimate of drug-likeness (QED) is 0.890. The molecule has 1 aromatic heterocycles. The first-order valence-electron chi connectivity index (χ1n) is 6.16. The van der Waals surface area contributed by atoms with E-state index >= 15 is 0 Å². The second-order valence-electron chi connectivity index (χ2n) is 4.90. The van der Waals surface area contributed by atoms with Crippen LogP contribution in [0.2, 0.25) is 0 Å². The molecule has 1 aromatic carbocycles. The van der Waals surface area contributed by atoms with Crippen LogP contribution in [0.5, 0.6) is 0 Å². The van der Waals surface area contributed by atoms with Gasteiger partial charge in [-0.25, -0.2) is 4.68 Å². The van der Waals surface area contributed by atoms with Crippen LogP contribution in [0.3, 0.4) is 0 Å². The van der Waals surface area contributed by atoms with Crippen molar-refractivity contribution in [1.29, 1.82) is 0 Å². The number of nitrogens with one attached hydrogen (secondary N) is 1. The largest absolute Gasteiger partial charge is 0.416 e. The zero-order valence-electron chi connectivity index (χ0n) is 10.4. The number of hydrogen-bond donors (Lipinski definition) is 2. The van der Waals surface area contributed by atoms with E-state index in [1.165, 1.54) is 16.8 Å². The zero-order chi connectivity index (χ0) is 14.5. The van der Waals surface area contributed by atoms with Crippen molar-refractivity contribution in [2.75, 3.05) is 5.73 Å². The smallest absolute Gasteiger partial charge is 0.393 e. The minimum Gasteiger partial charge on any atom is -0.393 e. The molecular formula is C13H12F3N3O. The Kier molecular flexibility index (Phi) is 2.67. The Morgan fingerprint density at radius 2 is 1.80 bits per heavy atom. The maximum atomic E-state index is 12.5. The van der Waals surface area contributed by atoms with Crippen LogP contribution >= 0.6 is 0 Å². The minimum absolute atomic E-state index is 0.146. The Morgan fingerprint density at radius 1 is 1.20 bits per heavy atom. The van der Waals surface area contributed by atoms with E-state index in [1.54, 1.807) is 0 Å². The third kappa shape index (κ3) is 2.09. The average molecular weight is 283 g/mol. The molecule has 20 heavy (non-hydrogen) atoms. The summed E-state index contributed by atoms with van der Waals surface area (Å²) in [6, 6.07) is 4.37. The van der Waals surface area contributed by atoms with Gasteiger partial charge in [-0.1, -0.05) is 0 Å². The summed E-state index contributed by atoms with van der Waals surface area (Å²) in [5.41, 5.74) is 5.71. The zero-order valence-corrected chi connectivity index (χ0v) is 10.4. The number of halogens is 3. The van der Waals surface area contributed by atoms with Gasteiger partial charge in [0.2, 0.25) is 0 Å². The van der Waals surface area contributed by atoms with Gasteiger partial charge in [-0.2, -0.15) is 13.2 Å². The molecule has 0 spiro atoms. The third-order valence-corrected chi connectivity index (χ3v) is 3.39. The Balaban J connectivity index is 2.01. The third-order valence-electron chi connectivity index (χ3n) is 3.39. The maximum absolute atomic E-state index is 12.5. The summed E-state index contributed by atoms with van der Waals surface area (Å²) in [6.45, 7) is 0. The maximum Gasteiger partial charge on any atom is 0.416 e. The molecule has 0 radical (unpaired) electrons. The number of nitrogens with zero attached hydrogens (tertiary/aromatic N) is 1. The Bertz CT molecular complexity index is 693. The summed E-state index contributed by atoms with van der Waals surface area (Å²) in [7, 11) is 0. The molecule has 0 bridgehead atoms. The summed E-state index contributed by atoms with van der Waals surface area (Å²) in [4.78, 5) is 12.0. The molecule has 7 heteroatoms. The highest BCUT2D eigenvalue weighted by Gasteiger charge is 2.31. The molecule has 3 N–H and O–H groups in total. The van der Waals surface area contributed by atoms with Crippen molar-refractivity contribution < 1.29 is 13.2 Å². The second kappa shape index (κ2) is 4.16. The Morgan fingerprint density at radius 3 is 2.30 bits per heavy atom. The van der Waals surface area contributed by atoms with Crippen molar-refractivity contribution in [1.82, 2.24) is 9.78 Å². The van der Waals surface area contributed by atoms with Gasteiger partial charge in [-0.15, -0.1) is 0 Å². The van der Waals surface area contributed by atoms with E-state index in [-0.39, 0.29) is 11.6 Å². The van der Waals surface area contributed by atoms with E-state index in [0.717, 1.165) is 25.0 Å². The number of H-pyrrole nitrogens is 1. The molecule has 0 atom stereocenters. The SMILES string of the molecule is Nc1c(C2CC2)[nH]n(-c2ccc(C(F)(F)F)cc2)c1=O. The van der Waals surface area contributed by atoms with Gasteiger partial charge in [0.15, 0.2) is 0 Å². The Hall–Kier alpha value is -2.18. The highest BCUT2D eigenvalue weighted by atomic mass is 19.4. The summed E-state index contributed by atoms with van der Waals surface area (Å²) in [5.74, 6) is 0.262. The normalized spacial score (nSPS) is 15.6. The van der Waals surface area contributed by atoms with Crippen LogP contribution in [0.4, 0.5) is 18.9 Å². The molecule has 0 unspecified atom stereocenters. The van der Waals surface area contributed by atoms with E-state index in [4.69, 9.17) is 5.73 Å². The molecule has 0 amide bonds. The van der Waals surface area contributed by atoms with E-state index in [0.29, 0.717) is 11.4 Å². The Labute approximate surface area is 112 Å². The number of nitrogen functional groups attached to an aromatic ring is 1.